The van der Waals surface area contributed by atoms with Gasteiger partial charge in [0.2, 0.25) is 0 Å². The third kappa shape index (κ3) is 3.67. The van der Waals surface area contributed by atoms with Gasteiger partial charge in [0, 0.05) is 25.1 Å². The van der Waals surface area contributed by atoms with Crippen LogP contribution in [0.3, 0.4) is 0 Å². The number of hydrogen-bond acceptors (Lipinski definition) is 6. The Hall–Kier alpha value is -3.52. The number of aliphatic hydroxyl groups is 1. The first-order chi connectivity index (χ1) is 15.3. The summed E-state index contributed by atoms with van der Waals surface area (Å²) in [5.41, 5.74) is 3.40. The molecule has 3 aromatic heterocycles. The summed E-state index contributed by atoms with van der Waals surface area (Å²) in [6.07, 6.45) is 5.77. The first-order valence-electron chi connectivity index (χ1n) is 10.6. The maximum absolute atomic E-state index is 13.2. The summed E-state index contributed by atoms with van der Waals surface area (Å²) >= 11 is 0. The molecule has 0 radical (unpaired) electrons. The smallest absolute Gasteiger partial charge is 0.295 e. The van der Waals surface area contributed by atoms with Crippen LogP contribution in [0.25, 0.3) is 11.4 Å². The number of imidazole rings is 1. The number of likely N-dealkylation sites (tertiary alicyclic amines) is 1. The number of fused-ring (bicyclic) bond motifs is 1. The van der Waals surface area contributed by atoms with Crippen molar-refractivity contribution in [3.63, 3.8) is 0 Å². The standard InChI is InChI=1S/C24H27N5O3/c1-15-8-6-12-28-19(16(2)26-23(15)28)21(30)18-20(17-9-5-10-25-14-17)29(24(32)22(18)31)13-7-11-27(3)4/h5-6,8-10,12,14,20,30H,7,11,13H2,1-4H3/b21-18-. The Kier molecular flexibility index (Phi) is 5.80. The largest absolute Gasteiger partial charge is 0.505 e. The lowest BCUT2D eigenvalue weighted by Crippen LogP contribution is -2.32. The van der Waals surface area contributed by atoms with Crippen molar-refractivity contribution in [3.05, 3.63) is 70.9 Å². The van der Waals surface area contributed by atoms with Crippen molar-refractivity contribution in [1.29, 1.82) is 0 Å². The molecule has 1 amide bonds. The number of carbonyl (C=O) groups is 2. The van der Waals surface area contributed by atoms with Gasteiger partial charge in [-0.25, -0.2) is 4.98 Å². The lowest BCUT2D eigenvalue weighted by Gasteiger charge is -2.25. The fourth-order valence-corrected chi connectivity index (χ4v) is 4.28. The van der Waals surface area contributed by atoms with Crippen LogP contribution < -0.4 is 0 Å². The highest BCUT2D eigenvalue weighted by molar-refractivity contribution is 6.46. The van der Waals surface area contributed by atoms with Crippen LogP contribution in [0.4, 0.5) is 0 Å². The summed E-state index contributed by atoms with van der Waals surface area (Å²) in [6.45, 7) is 4.89. The molecule has 0 spiro atoms. The van der Waals surface area contributed by atoms with Crippen LogP contribution in [-0.4, -0.2) is 68.2 Å². The molecule has 0 saturated carbocycles. The van der Waals surface area contributed by atoms with Crippen LogP contribution in [-0.2, 0) is 9.59 Å². The Balaban J connectivity index is 1.88. The average molecular weight is 434 g/mol. The average Bonchev–Trinajstić information content (AvgIpc) is 3.23. The maximum Gasteiger partial charge on any atom is 0.295 e. The molecule has 4 rings (SSSR count). The first-order valence-corrected chi connectivity index (χ1v) is 10.6. The van der Waals surface area contributed by atoms with Gasteiger partial charge < -0.3 is 14.9 Å². The molecule has 1 aliphatic rings. The molecular weight excluding hydrogens is 406 g/mol. The molecule has 1 unspecified atom stereocenters. The van der Waals surface area contributed by atoms with E-state index in [4.69, 9.17) is 0 Å². The minimum Gasteiger partial charge on any atom is -0.505 e. The van der Waals surface area contributed by atoms with E-state index in [1.165, 1.54) is 4.90 Å². The number of ketones is 1. The van der Waals surface area contributed by atoms with Crippen LogP contribution in [0, 0.1) is 13.8 Å². The Morgan fingerprint density at radius 2 is 1.97 bits per heavy atom. The van der Waals surface area contributed by atoms with E-state index in [9.17, 15) is 14.7 Å². The highest BCUT2D eigenvalue weighted by atomic mass is 16.3. The number of aryl methyl sites for hydroxylation is 2. The summed E-state index contributed by atoms with van der Waals surface area (Å²) in [7, 11) is 3.92. The van der Waals surface area contributed by atoms with E-state index in [0.29, 0.717) is 35.6 Å². The number of pyridine rings is 2. The predicted molar refractivity (Wildman–Crippen MR) is 121 cm³/mol. The summed E-state index contributed by atoms with van der Waals surface area (Å²) in [5, 5.41) is 11.4. The quantitative estimate of drug-likeness (QED) is 0.365. The van der Waals surface area contributed by atoms with Crippen LogP contribution in [0.5, 0.6) is 0 Å². The highest BCUT2D eigenvalue weighted by Crippen LogP contribution is 2.39. The molecule has 1 saturated heterocycles. The van der Waals surface area contributed by atoms with Gasteiger partial charge in [-0.2, -0.15) is 0 Å². The van der Waals surface area contributed by atoms with E-state index in [-0.39, 0.29) is 11.3 Å². The van der Waals surface area contributed by atoms with Gasteiger partial charge in [0.25, 0.3) is 11.7 Å². The van der Waals surface area contributed by atoms with Crippen molar-refractivity contribution in [2.24, 2.45) is 0 Å². The fraction of sp³-hybridized carbons (Fsp3) is 0.333. The molecule has 0 aromatic carbocycles. The van der Waals surface area contributed by atoms with Gasteiger partial charge in [-0.1, -0.05) is 12.1 Å². The van der Waals surface area contributed by atoms with Gasteiger partial charge in [-0.15, -0.1) is 0 Å². The van der Waals surface area contributed by atoms with Crippen molar-refractivity contribution in [1.82, 2.24) is 24.2 Å². The molecule has 0 bridgehead atoms. The van der Waals surface area contributed by atoms with Gasteiger partial charge in [0.05, 0.1) is 17.3 Å². The van der Waals surface area contributed by atoms with E-state index < -0.39 is 17.7 Å². The molecule has 8 nitrogen and oxygen atoms in total. The van der Waals surface area contributed by atoms with Crippen LogP contribution in [0.1, 0.15) is 35.0 Å². The zero-order valence-electron chi connectivity index (χ0n) is 18.7. The van der Waals surface area contributed by atoms with E-state index >= 15 is 0 Å². The second-order valence-corrected chi connectivity index (χ2v) is 8.37. The summed E-state index contributed by atoms with van der Waals surface area (Å²) in [6, 6.07) is 6.67. The normalized spacial score (nSPS) is 18.3. The number of amides is 1. The van der Waals surface area contributed by atoms with Crippen molar-refractivity contribution in [2.75, 3.05) is 27.2 Å². The molecule has 1 atom stereocenters. The molecule has 3 aromatic rings. The molecule has 8 heteroatoms. The molecule has 166 valence electrons. The third-order valence-electron chi connectivity index (χ3n) is 5.79. The first kappa shape index (κ1) is 21.7. The van der Waals surface area contributed by atoms with Gasteiger partial charge in [-0.3, -0.25) is 19.0 Å². The number of carbonyl (C=O) groups excluding carboxylic acids is 2. The Bertz CT molecular complexity index is 1210. The lowest BCUT2D eigenvalue weighted by molar-refractivity contribution is -0.139. The van der Waals surface area contributed by atoms with Gasteiger partial charge in [0.15, 0.2) is 5.76 Å². The molecule has 4 heterocycles. The van der Waals surface area contributed by atoms with Gasteiger partial charge in [0.1, 0.15) is 11.3 Å². The second-order valence-electron chi connectivity index (χ2n) is 8.37. The number of aliphatic hydroxyl groups excluding tert-OH is 1. The fourth-order valence-electron chi connectivity index (χ4n) is 4.28. The summed E-state index contributed by atoms with van der Waals surface area (Å²) in [5.74, 6) is -1.52. The molecule has 1 aliphatic heterocycles. The van der Waals surface area contributed by atoms with E-state index in [1.807, 2.05) is 44.1 Å². The summed E-state index contributed by atoms with van der Waals surface area (Å²) < 4.78 is 1.76. The second kappa shape index (κ2) is 8.55. The highest BCUT2D eigenvalue weighted by Gasteiger charge is 2.46. The number of nitrogens with zero attached hydrogens (tertiary/aromatic N) is 5. The Morgan fingerprint density at radius 1 is 1.19 bits per heavy atom. The predicted octanol–water partition coefficient (Wildman–Crippen LogP) is 2.72. The topological polar surface area (TPSA) is 91.0 Å². The third-order valence-corrected chi connectivity index (χ3v) is 5.79. The number of hydrogen-bond donors (Lipinski definition) is 1. The Morgan fingerprint density at radius 3 is 2.66 bits per heavy atom. The monoisotopic (exact) mass is 433 g/mol. The SMILES string of the molecule is Cc1nc2c(C)cccn2c1/C(O)=C1/C(=O)C(=O)N(CCCN(C)C)C1c1cccnc1. The van der Waals surface area contributed by atoms with Crippen molar-refractivity contribution >= 4 is 23.1 Å². The van der Waals surface area contributed by atoms with Crippen LogP contribution in [0.15, 0.2) is 48.4 Å². The molecular formula is C24H27N5O3. The van der Waals surface area contributed by atoms with Crippen LogP contribution >= 0.6 is 0 Å². The number of rotatable bonds is 6. The summed E-state index contributed by atoms with van der Waals surface area (Å²) in [4.78, 5) is 38.5. The number of Topliss-reactive ketones (excluding diaryl/α,β-unsaturated/α-hetero) is 1. The Labute approximate surface area is 186 Å². The number of aromatic nitrogens is 3. The molecule has 1 fully saturated rings. The molecule has 1 N–H and O–H groups in total. The van der Waals surface area contributed by atoms with Gasteiger partial charge >= 0.3 is 0 Å². The minimum absolute atomic E-state index is 0.0688. The van der Waals surface area contributed by atoms with E-state index in [2.05, 4.69) is 9.97 Å². The van der Waals surface area contributed by atoms with E-state index in [0.717, 1.165) is 12.1 Å². The van der Waals surface area contributed by atoms with Crippen molar-refractivity contribution in [2.45, 2.75) is 26.3 Å². The van der Waals surface area contributed by atoms with Crippen molar-refractivity contribution < 1.29 is 14.7 Å². The lowest BCUT2D eigenvalue weighted by atomic mass is 9.97. The zero-order chi connectivity index (χ0) is 23.0. The molecule has 0 aliphatic carbocycles. The maximum atomic E-state index is 13.2. The van der Waals surface area contributed by atoms with Crippen LogP contribution in [0.2, 0.25) is 0 Å². The molecule has 32 heavy (non-hydrogen) atoms. The van der Waals surface area contributed by atoms with Crippen molar-refractivity contribution in [3.8, 4) is 0 Å². The zero-order valence-corrected chi connectivity index (χ0v) is 18.7. The minimum atomic E-state index is -0.708. The van der Waals surface area contributed by atoms with E-state index in [1.54, 1.807) is 36.0 Å². The van der Waals surface area contributed by atoms with Gasteiger partial charge in [-0.05, 0) is 64.2 Å².